The van der Waals surface area contributed by atoms with E-state index in [-0.39, 0.29) is 22.8 Å². The van der Waals surface area contributed by atoms with Crippen molar-refractivity contribution in [2.24, 2.45) is 4.99 Å². The van der Waals surface area contributed by atoms with Gasteiger partial charge in [-0.05, 0) is 146 Å². The number of aryl methyl sites for hydroxylation is 2. The fraction of sp³-hybridized carbons (Fsp3) is 0.362. The van der Waals surface area contributed by atoms with E-state index in [2.05, 4.69) is 71.2 Å². The number of nitrogens with zero attached hydrogens (tertiary/aromatic N) is 3. The van der Waals surface area contributed by atoms with Crippen LogP contribution in [-0.2, 0) is 27.5 Å². The van der Waals surface area contributed by atoms with Gasteiger partial charge in [0.15, 0.2) is 0 Å². The van der Waals surface area contributed by atoms with E-state index in [0.717, 1.165) is 61.0 Å². The van der Waals surface area contributed by atoms with Crippen LogP contribution >= 0.6 is 0 Å². The van der Waals surface area contributed by atoms with Crippen LogP contribution in [-0.4, -0.2) is 21.0 Å². The summed E-state index contributed by atoms with van der Waals surface area (Å²) in [6.07, 6.45) is 0.396. The van der Waals surface area contributed by atoms with E-state index in [0.29, 0.717) is 23.0 Å². The molecule has 2 aliphatic rings. The standard InChI is InChI=1S/C47H51N3O2/c1-28-12-17-40-38(22-28)37-15-14-34(27-41(37)50(40)42-26-32(19-21-48-42)44(4,5)6)51-35-24-31(23-33(25-35)45(7,8)9)43-49-47(11)39-16-13-29(2)30(3)36(39)18-20-46(47,10)52-43/h12-17,19,21-27H,18,20H2,1-11H3/t46-,47+/m0/s1/i1D3,18D2. The van der Waals surface area contributed by atoms with Crippen molar-refractivity contribution >= 4 is 27.7 Å². The fourth-order valence-electron chi connectivity index (χ4n) is 7.71. The largest absolute Gasteiger partial charge is 0.468 e. The van der Waals surface area contributed by atoms with Gasteiger partial charge in [0.05, 0.1) is 11.0 Å². The van der Waals surface area contributed by atoms with Crippen LogP contribution in [0.1, 0.15) is 113 Å². The molecule has 0 unspecified atom stereocenters. The number of hydrogen-bond acceptors (Lipinski definition) is 4. The lowest BCUT2D eigenvalue weighted by molar-refractivity contribution is 0.0163. The summed E-state index contributed by atoms with van der Waals surface area (Å²) < 4.78 is 58.4. The van der Waals surface area contributed by atoms with Crippen molar-refractivity contribution in [1.82, 2.24) is 9.55 Å². The van der Waals surface area contributed by atoms with Crippen LogP contribution in [0.3, 0.4) is 0 Å². The summed E-state index contributed by atoms with van der Waals surface area (Å²) >= 11 is 0. The highest BCUT2D eigenvalue weighted by atomic mass is 16.5. The summed E-state index contributed by atoms with van der Waals surface area (Å²) in [5.74, 6) is 2.40. The Hall–Kier alpha value is -4.90. The third kappa shape index (κ3) is 5.43. The predicted octanol–water partition coefficient (Wildman–Crippen LogP) is 11.9. The Morgan fingerprint density at radius 3 is 2.35 bits per heavy atom. The molecule has 3 heterocycles. The number of aromatic nitrogens is 2. The van der Waals surface area contributed by atoms with Crippen molar-refractivity contribution in [3.05, 3.63) is 130 Å². The molecular weight excluding hydrogens is 639 g/mol. The molecule has 0 amide bonds. The van der Waals surface area contributed by atoms with Crippen molar-refractivity contribution in [1.29, 1.82) is 0 Å². The minimum Gasteiger partial charge on any atom is -0.468 e. The molecule has 1 aliphatic heterocycles. The quantitative estimate of drug-likeness (QED) is 0.185. The van der Waals surface area contributed by atoms with Crippen LogP contribution in [0.15, 0.2) is 90.1 Å². The first-order chi connectivity index (χ1) is 26.4. The van der Waals surface area contributed by atoms with Crippen molar-refractivity contribution in [2.75, 3.05) is 0 Å². The van der Waals surface area contributed by atoms with Gasteiger partial charge in [-0.2, -0.15) is 0 Å². The highest BCUT2D eigenvalue weighted by Gasteiger charge is 2.56. The summed E-state index contributed by atoms with van der Waals surface area (Å²) in [5.41, 5.74) is 6.40. The summed E-state index contributed by atoms with van der Waals surface area (Å²) in [7, 11) is 0. The van der Waals surface area contributed by atoms with Crippen LogP contribution in [0.2, 0.25) is 0 Å². The van der Waals surface area contributed by atoms with E-state index in [1.165, 1.54) is 0 Å². The Morgan fingerprint density at radius 2 is 1.60 bits per heavy atom. The van der Waals surface area contributed by atoms with Gasteiger partial charge in [-0.15, -0.1) is 0 Å². The molecule has 0 fully saturated rings. The molecule has 5 nitrogen and oxygen atoms in total. The normalized spacial score (nSPS) is 22.7. The summed E-state index contributed by atoms with van der Waals surface area (Å²) in [6.45, 7) is 18.8. The molecule has 0 bridgehead atoms. The monoisotopic (exact) mass is 694 g/mol. The van der Waals surface area contributed by atoms with Crippen molar-refractivity contribution in [3.63, 3.8) is 0 Å². The van der Waals surface area contributed by atoms with Gasteiger partial charge in [-0.25, -0.2) is 9.98 Å². The van der Waals surface area contributed by atoms with E-state index in [1.807, 2.05) is 75.5 Å². The molecule has 2 atom stereocenters. The molecule has 8 rings (SSSR count). The maximum atomic E-state index is 9.18. The minimum atomic E-state index is -2.25. The second-order valence-electron chi connectivity index (χ2n) is 17.1. The van der Waals surface area contributed by atoms with E-state index in [4.69, 9.17) is 23.6 Å². The SMILES string of the molecule is [2H]C([2H])([2H])c1ccc2c(c1)c1ccc(Oc3cc(C4=N[C@]5(C)c6ccc(C)c(C)c6C([2H])([2H])C[C@]5(C)O4)cc(C(C)(C)C)c3)cc1n2-c1cc(C(C)(C)C)ccn1. The molecule has 4 aromatic carbocycles. The fourth-order valence-corrected chi connectivity index (χ4v) is 7.71. The molecule has 52 heavy (non-hydrogen) atoms. The highest BCUT2D eigenvalue weighted by Crippen LogP contribution is 2.52. The number of fused-ring (bicyclic) bond motifs is 6. The number of ether oxygens (including phenoxy) is 2. The topological polar surface area (TPSA) is 48.6 Å². The molecule has 0 saturated heterocycles. The number of hydrogen-bond donors (Lipinski definition) is 0. The molecular formula is C47H51N3O2. The predicted molar refractivity (Wildman–Crippen MR) is 215 cm³/mol. The first kappa shape index (κ1) is 28.7. The zero-order valence-corrected chi connectivity index (χ0v) is 31.9. The van der Waals surface area contributed by atoms with Crippen molar-refractivity contribution < 1.29 is 16.3 Å². The molecule has 1 aliphatic carbocycles. The number of benzene rings is 4. The van der Waals surface area contributed by atoms with E-state index >= 15 is 0 Å². The Morgan fingerprint density at radius 1 is 0.808 bits per heavy atom. The summed E-state index contributed by atoms with van der Waals surface area (Å²) in [5, 5.41) is 1.71. The molecule has 0 saturated carbocycles. The molecule has 2 aromatic heterocycles. The van der Waals surface area contributed by atoms with Crippen LogP contribution in [0, 0.1) is 20.7 Å². The Bertz CT molecular complexity index is 2660. The van der Waals surface area contributed by atoms with Gasteiger partial charge < -0.3 is 9.47 Å². The second-order valence-corrected chi connectivity index (χ2v) is 17.1. The molecule has 6 aromatic rings. The molecule has 266 valence electrons. The third-order valence-corrected chi connectivity index (χ3v) is 11.4. The first-order valence-corrected chi connectivity index (χ1v) is 18.2. The summed E-state index contributed by atoms with van der Waals surface area (Å²) in [6, 6.07) is 25.5. The Kier molecular flexibility index (Phi) is 6.37. The molecule has 0 N–H and O–H groups in total. The number of rotatable bonds is 4. The lowest BCUT2D eigenvalue weighted by Gasteiger charge is -2.43. The van der Waals surface area contributed by atoms with Gasteiger partial charge in [0.1, 0.15) is 28.5 Å². The first-order valence-electron chi connectivity index (χ1n) is 20.7. The molecule has 0 spiro atoms. The Balaban J connectivity index is 1.26. The van der Waals surface area contributed by atoms with Crippen molar-refractivity contribution in [3.8, 4) is 17.3 Å². The van der Waals surface area contributed by atoms with E-state index < -0.39 is 24.4 Å². The highest BCUT2D eigenvalue weighted by molar-refractivity contribution is 6.09. The lowest BCUT2D eigenvalue weighted by Crippen LogP contribution is -2.48. The zero-order chi connectivity index (χ0) is 41.2. The van der Waals surface area contributed by atoms with Gasteiger partial charge in [-0.3, -0.25) is 4.57 Å². The van der Waals surface area contributed by atoms with Crippen LogP contribution in [0.4, 0.5) is 0 Å². The average Bonchev–Trinajstić information content (AvgIpc) is 3.58. The Labute approximate surface area is 315 Å². The number of aliphatic imine (C=N–C) groups is 1. The van der Waals surface area contributed by atoms with Gasteiger partial charge >= 0.3 is 0 Å². The maximum Gasteiger partial charge on any atom is 0.217 e. The maximum absolute atomic E-state index is 9.18. The van der Waals surface area contributed by atoms with Crippen molar-refractivity contribution in [2.45, 2.75) is 111 Å². The van der Waals surface area contributed by atoms with Crippen LogP contribution in [0.25, 0.3) is 27.6 Å². The van der Waals surface area contributed by atoms with Gasteiger partial charge in [0.2, 0.25) is 5.90 Å². The molecule has 0 radical (unpaired) electrons. The molecule has 5 heteroatoms. The van der Waals surface area contributed by atoms with Gasteiger partial charge in [0, 0.05) is 35.5 Å². The summed E-state index contributed by atoms with van der Waals surface area (Å²) in [4.78, 5) is 10.1. The number of pyridine rings is 1. The van der Waals surface area contributed by atoms with E-state index in [9.17, 15) is 2.74 Å². The second kappa shape index (κ2) is 11.6. The van der Waals surface area contributed by atoms with Gasteiger partial charge in [-0.1, -0.05) is 65.3 Å². The average molecular weight is 695 g/mol. The third-order valence-electron chi connectivity index (χ3n) is 11.4. The van der Waals surface area contributed by atoms with Crippen LogP contribution in [0.5, 0.6) is 11.5 Å². The van der Waals surface area contributed by atoms with Gasteiger partial charge in [0.25, 0.3) is 0 Å². The minimum absolute atomic E-state index is 0.109. The van der Waals surface area contributed by atoms with E-state index in [1.54, 1.807) is 12.1 Å². The lowest BCUT2D eigenvalue weighted by atomic mass is 9.67. The smallest absolute Gasteiger partial charge is 0.217 e. The zero-order valence-electron chi connectivity index (χ0n) is 36.9. The van der Waals surface area contributed by atoms with Crippen LogP contribution < -0.4 is 4.74 Å².